The molecule has 4 aromatic rings. The van der Waals surface area contributed by atoms with Crippen LogP contribution in [-0.2, 0) is 21.7 Å². The Bertz CT molecular complexity index is 1550. The van der Waals surface area contributed by atoms with Crippen molar-refractivity contribution in [2.75, 3.05) is 0 Å². The van der Waals surface area contributed by atoms with Gasteiger partial charge < -0.3 is 0 Å². The number of hydrogen-bond donors (Lipinski definition) is 0. The molecule has 4 aliphatic carbocycles. The molecule has 0 aromatic heterocycles. The summed E-state index contributed by atoms with van der Waals surface area (Å²) >= 11 is 31.3. The molecule has 208 valence electrons. The molecule has 0 fully saturated rings. The molecule has 0 saturated carbocycles. The van der Waals surface area contributed by atoms with E-state index in [1.807, 2.05) is 0 Å². The quantitative estimate of drug-likeness (QED) is 0.165. The van der Waals surface area contributed by atoms with Crippen molar-refractivity contribution in [3.63, 3.8) is 0 Å². The largest absolute Gasteiger partial charge is 0.0507 e. The lowest BCUT2D eigenvalue weighted by atomic mass is 9.43. The van der Waals surface area contributed by atoms with Gasteiger partial charge in [-0.2, -0.15) is 0 Å². The lowest BCUT2D eigenvalue weighted by Crippen LogP contribution is -2.60. The Balaban J connectivity index is 1.72. The van der Waals surface area contributed by atoms with E-state index in [1.165, 1.54) is 44.5 Å². The first-order valence-electron chi connectivity index (χ1n) is 13.1. The smallest absolute Gasteiger partial charge is 0.0320 e. The zero-order chi connectivity index (χ0) is 29.4. The van der Waals surface area contributed by atoms with Crippen molar-refractivity contribution in [3.8, 4) is 0 Å². The molecule has 8 heteroatoms. The van der Waals surface area contributed by atoms with Gasteiger partial charge in [0.25, 0.3) is 0 Å². The van der Waals surface area contributed by atoms with Gasteiger partial charge >= 0.3 is 0 Å². The molecular weight excluding hydrogens is 1040 g/mol. The van der Waals surface area contributed by atoms with E-state index in [4.69, 9.17) is 0 Å². The van der Waals surface area contributed by atoms with Gasteiger partial charge in [-0.05, 0) is 220 Å². The van der Waals surface area contributed by atoms with Crippen LogP contribution in [0, 0.1) is 5.41 Å². The second-order valence-electron chi connectivity index (χ2n) is 12.5. The fraction of sp³-hybridized carbons (Fsp3) is 0.273. The van der Waals surface area contributed by atoms with Crippen LogP contribution in [0.3, 0.4) is 0 Å². The Labute approximate surface area is 307 Å². The molecule has 0 radical (unpaired) electrons. The highest BCUT2D eigenvalue weighted by atomic mass is 79.9. The van der Waals surface area contributed by atoms with Crippen LogP contribution in [0.25, 0.3) is 0 Å². The Morgan fingerprint density at radius 3 is 0.537 bits per heavy atom. The van der Waals surface area contributed by atoms with Crippen molar-refractivity contribution in [2.45, 2.75) is 49.4 Å². The van der Waals surface area contributed by atoms with Crippen LogP contribution < -0.4 is 0 Å². The lowest BCUT2D eigenvalue weighted by Gasteiger charge is -2.57. The molecule has 4 aromatic carbocycles. The minimum absolute atomic E-state index is 0.295. The predicted octanol–water partition coefficient (Wildman–Crippen LogP) is 13.4. The van der Waals surface area contributed by atoms with Gasteiger partial charge in [0, 0.05) is 62.9 Å². The van der Waals surface area contributed by atoms with Crippen LogP contribution >= 0.6 is 127 Å². The SMILES string of the molecule is CC12c3cc(Br)c(Br)cc3C3(C)c4cc(Br)c(Br)cc4C4(C)c5cc(Br)c(Br)cc5C(C)(c5cc(Br)c(Br)cc51)C234. The van der Waals surface area contributed by atoms with E-state index in [9.17, 15) is 0 Å². The summed E-state index contributed by atoms with van der Waals surface area (Å²) in [5, 5.41) is 0. The average Bonchev–Trinajstić information content (AvgIpc) is 3.36. The first-order chi connectivity index (χ1) is 19.1. The number of benzene rings is 4. The van der Waals surface area contributed by atoms with Crippen molar-refractivity contribution < 1.29 is 0 Å². The molecule has 0 amide bonds. The predicted molar refractivity (Wildman–Crippen MR) is 196 cm³/mol. The van der Waals surface area contributed by atoms with Gasteiger partial charge in [0.2, 0.25) is 0 Å². The average molecular weight is 1060 g/mol. The van der Waals surface area contributed by atoms with Crippen LogP contribution in [-0.4, -0.2) is 0 Å². The van der Waals surface area contributed by atoms with Crippen molar-refractivity contribution >= 4 is 127 Å². The maximum absolute atomic E-state index is 3.91. The van der Waals surface area contributed by atoms with Gasteiger partial charge in [-0.25, -0.2) is 0 Å². The van der Waals surface area contributed by atoms with E-state index >= 15 is 0 Å². The van der Waals surface area contributed by atoms with Gasteiger partial charge in [-0.3, -0.25) is 0 Å². The van der Waals surface area contributed by atoms with Crippen molar-refractivity contribution in [3.05, 3.63) is 129 Å². The number of hydrogen-bond acceptors (Lipinski definition) is 0. The van der Waals surface area contributed by atoms with Crippen LogP contribution in [0.1, 0.15) is 72.2 Å². The van der Waals surface area contributed by atoms with Crippen molar-refractivity contribution in [2.24, 2.45) is 5.41 Å². The summed E-state index contributed by atoms with van der Waals surface area (Å²) < 4.78 is 8.69. The zero-order valence-corrected chi connectivity index (χ0v) is 34.8. The maximum atomic E-state index is 3.91. The Morgan fingerprint density at radius 2 is 0.415 bits per heavy atom. The third-order valence-electron chi connectivity index (χ3n) is 11.6. The van der Waals surface area contributed by atoms with Crippen molar-refractivity contribution in [1.82, 2.24) is 0 Å². The third-order valence-corrected chi connectivity index (χ3v) is 18.9. The molecule has 0 bridgehead atoms. The van der Waals surface area contributed by atoms with Crippen LogP contribution in [0.5, 0.6) is 0 Å². The van der Waals surface area contributed by atoms with Crippen LogP contribution in [0.2, 0.25) is 0 Å². The Kier molecular flexibility index (Phi) is 6.07. The zero-order valence-electron chi connectivity index (χ0n) is 22.1. The number of fused-ring (bicyclic) bond motifs is 12. The molecule has 4 aliphatic rings. The first kappa shape index (κ1) is 29.1. The van der Waals surface area contributed by atoms with E-state index in [1.54, 1.807) is 0 Å². The van der Waals surface area contributed by atoms with E-state index < -0.39 is 0 Å². The highest BCUT2D eigenvalue weighted by molar-refractivity contribution is 9.14. The summed E-state index contributed by atoms with van der Waals surface area (Å²) in [5.41, 5.74) is 9.61. The minimum Gasteiger partial charge on any atom is -0.0507 e. The lowest BCUT2D eigenvalue weighted by molar-refractivity contribution is 0.0252. The number of rotatable bonds is 0. The first-order valence-corrected chi connectivity index (χ1v) is 19.5. The van der Waals surface area contributed by atoms with E-state index in [0.29, 0.717) is 0 Å². The summed E-state index contributed by atoms with van der Waals surface area (Å²) in [6.45, 7) is 10.1. The van der Waals surface area contributed by atoms with Gasteiger partial charge in [0.15, 0.2) is 0 Å². The van der Waals surface area contributed by atoms with Crippen LogP contribution in [0.15, 0.2) is 84.3 Å². The monoisotopic (exact) mass is 1050 g/mol. The molecule has 0 saturated heterocycles. The summed E-state index contributed by atoms with van der Waals surface area (Å²) in [6, 6.07) is 19.2. The summed E-state index contributed by atoms with van der Waals surface area (Å²) in [5.74, 6) is 0. The molecule has 0 unspecified atom stereocenters. The molecule has 0 N–H and O–H groups in total. The van der Waals surface area contributed by atoms with Gasteiger partial charge in [-0.1, -0.05) is 27.7 Å². The second kappa shape index (κ2) is 8.54. The van der Waals surface area contributed by atoms with Crippen LogP contribution in [0.4, 0.5) is 0 Å². The van der Waals surface area contributed by atoms with Gasteiger partial charge in [-0.15, -0.1) is 0 Å². The highest BCUT2D eigenvalue weighted by Crippen LogP contribution is 2.90. The van der Waals surface area contributed by atoms with Gasteiger partial charge in [0.1, 0.15) is 0 Å². The fourth-order valence-electron chi connectivity index (χ4n) is 10.7. The topological polar surface area (TPSA) is 0 Å². The summed E-state index contributed by atoms with van der Waals surface area (Å²) in [7, 11) is 0. The molecule has 0 atom stereocenters. The Hall–Kier alpha value is 0.720. The second-order valence-corrected chi connectivity index (χ2v) is 19.3. The maximum Gasteiger partial charge on any atom is 0.0320 e. The summed E-state index contributed by atoms with van der Waals surface area (Å²) in [6.07, 6.45) is 0. The molecule has 1 spiro atoms. The van der Waals surface area contributed by atoms with Gasteiger partial charge in [0.05, 0.1) is 0 Å². The molecule has 0 aliphatic heterocycles. The standard InChI is InChI=1S/C33H20Br8/c1-29-13-5-21(34)23(36)7-15(13)30(2)17-9-25(38)27(40)11-19(17)32(4)20-12-28(41)26(39)10-18(20)31(3,33(29,30)32)16-8-24(37)22(35)6-14(16)29/h5-12H,1-4H3. The third kappa shape index (κ3) is 2.76. The number of halogens is 8. The minimum atomic E-state index is -0.321. The van der Waals surface area contributed by atoms with E-state index in [2.05, 4.69) is 204 Å². The van der Waals surface area contributed by atoms with Crippen molar-refractivity contribution in [1.29, 1.82) is 0 Å². The Morgan fingerprint density at radius 1 is 0.293 bits per heavy atom. The van der Waals surface area contributed by atoms with E-state index in [0.717, 1.165) is 35.8 Å². The summed E-state index contributed by atoms with van der Waals surface area (Å²) in [4.78, 5) is 0. The normalized spacial score (nSPS) is 32.9. The highest BCUT2D eigenvalue weighted by Gasteiger charge is 2.89. The molecule has 41 heavy (non-hydrogen) atoms. The molecule has 8 rings (SSSR count). The molecule has 0 nitrogen and oxygen atoms in total. The molecular formula is C33H20Br8. The fourth-order valence-corrected chi connectivity index (χ4v) is 13.4. The molecule has 0 heterocycles. The van der Waals surface area contributed by atoms with E-state index in [-0.39, 0.29) is 27.1 Å².